The Morgan fingerprint density at radius 2 is 2.35 bits per heavy atom. The van der Waals surface area contributed by atoms with Crippen molar-refractivity contribution >= 4 is 11.8 Å². The first-order valence-corrected chi connectivity index (χ1v) is 6.98. The fraction of sp³-hybridized carbons (Fsp3) is 0.538. The van der Waals surface area contributed by atoms with Crippen LogP contribution in [0.15, 0.2) is 29.2 Å². The number of phenols is 1. The number of benzene rings is 1. The SMILES string of the molecule is Oc1cccc(SCCO[C@H]2CCCCO2)c1. The standard InChI is InChI=1S/C13H18O3S/c14-11-4-3-5-12(10-11)17-9-8-16-13-6-1-2-7-15-13/h3-5,10,13-14H,1-2,6-9H2/t13-/m0/s1. The molecule has 0 unspecified atom stereocenters. The lowest BCUT2D eigenvalue weighted by atomic mass is 10.2. The summed E-state index contributed by atoms with van der Waals surface area (Å²) in [4.78, 5) is 1.07. The molecule has 4 heteroatoms. The van der Waals surface area contributed by atoms with Gasteiger partial charge in [-0.25, -0.2) is 0 Å². The minimum Gasteiger partial charge on any atom is -0.508 e. The summed E-state index contributed by atoms with van der Waals surface area (Å²) in [5.74, 6) is 1.19. The smallest absolute Gasteiger partial charge is 0.157 e. The molecule has 0 amide bonds. The highest BCUT2D eigenvalue weighted by atomic mass is 32.2. The van der Waals surface area contributed by atoms with Gasteiger partial charge in [-0.05, 0) is 37.5 Å². The zero-order valence-electron chi connectivity index (χ0n) is 9.80. The molecule has 17 heavy (non-hydrogen) atoms. The molecule has 0 aliphatic carbocycles. The number of hydrogen-bond donors (Lipinski definition) is 1. The van der Waals surface area contributed by atoms with E-state index in [1.807, 2.05) is 12.1 Å². The third-order valence-corrected chi connectivity index (χ3v) is 3.57. The van der Waals surface area contributed by atoms with Gasteiger partial charge in [-0.2, -0.15) is 0 Å². The number of aromatic hydroxyl groups is 1. The molecule has 0 radical (unpaired) electrons. The van der Waals surface area contributed by atoms with Crippen LogP contribution in [0.2, 0.25) is 0 Å². The monoisotopic (exact) mass is 254 g/mol. The van der Waals surface area contributed by atoms with E-state index in [2.05, 4.69) is 0 Å². The van der Waals surface area contributed by atoms with Crippen molar-refractivity contribution in [3.05, 3.63) is 24.3 Å². The molecule has 3 nitrogen and oxygen atoms in total. The Balaban J connectivity index is 1.62. The van der Waals surface area contributed by atoms with Gasteiger partial charge in [0.05, 0.1) is 6.61 Å². The molecule has 1 atom stereocenters. The molecule has 1 N–H and O–H groups in total. The molecule has 0 aromatic heterocycles. The van der Waals surface area contributed by atoms with E-state index < -0.39 is 0 Å². The number of hydrogen-bond acceptors (Lipinski definition) is 4. The second-order valence-corrected chi connectivity index (χ2v) is 5.18. The summed E-state index contributed by atoms with van der Waals surface area (Å²) in [5.41, 5.74) is 0. The summed E-state index contributed by atoms with van der Waals surface area (Å²) in [6.07, 6.45) is 3.35. The normalized spacial score (nSPS) is 20.4. The van der Waals surface area contributed by atoms with Gasteiger partial charge < -0.3 is 14.6 Å². The molecule has 1 aliphatic heterocycles. The maximum Gasteiger partial charge on any atom is 0.157 e. The molecule has 1 aliphatic rings. The van der Waals surface area contributed by atoms with Gasteiger partial charge >= 0.3 is 0 Å². The molecule has 0 spiro atoms. The van der Waals surface area contributed by atoms with Crippen molar-refractivity contribution in [1.82, 2.24) is 0 Å². The Kier molecular flexibility index (Phi) is 5.16. The number of ether oxygens (including phenoxy) is 2. The Bertz CT molecular complexity index is 337. The minimum atomic E-state index is -0.00599. The van der Waals surface area contributed by atoms with E-state index >= 15 is 0 Å². The molecule has 1 aromatic rings. The van der Waals surface area contributed by atoms with Crippen LogP contribution in [0.5, 0.6) is 5.75 Å². The summed E-state index contributed by atoms with van der Waals surface area (Å²) in [7, 11) is 0. The number of thioether (sulfide) groups is 1. The van der Waals surface area contributed by atoms with Gasteiger partial charge in [0, 0.05) is 17.3 Å². The Hall–Kier alpha value is -0.710. The van der Waals surface area contributed by atoms with Gasteiger partial charge in [-0.15, -0.1) is 11.8 Å². The maximum absolute atomic E-state index is 9.31. The van der Waals surface area contributed by atoms with Crippen molar-refractivity contribution in [3.8, 4) is 5.75 Å². The van der Waals surface area contributed by atoms with E-state index in [1.54, 1.807) is 23.9 Å². The van der Waals surface area contributed by atoms with Gasteiger partial charge in [0.25, 0.3) is 0 Å². The molecule has 0 saturated carbocycles. The predicted molar refractivity (Wildman–Crippen MR) is 68.4 cm³/mol. The van der Waals surface area contributed by atoms with Crippen LogP contribution < -0.4 is 0 Å². The lowest BCUT2D eigenvalue weighted by molar-refractivity contribution is -0.158. The molecule has 1 saturated heterocycles. The third kappa shape index (κ3) is 4.58. The van der Waals surface area contributed by atoms with E-state index in [0.717, 1.165) is 30.1 Å². The highest BCUT2D eigenvalue weighted by Crippen LogP contribution is 2.22. The number of phenolic OH excluding ortho intramolecular Hbond substituents is 1. The molecule has 1 aromatic carbocycles. The van der Waals surface area contributed by atoms with Crippen molar-refractivity contribution in [2.45, 2.75) is 30.4 Å². The topological polar surface area (TPSA) is 38.7 Å². The van der Waals surface area contributed by atoms with Crippen LogP contribution in [0.3, 0.4) is 0 Å². The molecule has 2 rings (SSSR count). The fourth-order valence-corrected chi connectivity index (χ4v) is 2.55. The highest BCUT2D eigenvalue weighted by molar-refractivity contribution is 7.99. The van der Waals surface area contributed by atoms with E-state index in [4.69, 9.17) is 9.47 Å². The highest BCUT2D eigenvalue weighted by Gasteiger charge is 2.13. The molecular formula is C13H18O3S. The molecule has 94 valence electrons. The van der Waals surface area contributed by atoms with Crippen LogP contribution >= 0.6 is 11.8 Å². The summed E-state index contributed by atoms with van der Waals surface area (Å²) < 4.78 is 11.1. The first-order valence-electron chi connectivity index (χ1n) is 5.99. The third-order valence-electron chi connectivity index (χ3n) is 2.61. The van der Waals surface area contributed by atoms with Crippen LogP contribution in [0.4, 0.5) is 0 Å². The zero-order valence-corrected chi connectivity index (χ0v) is 10.6. The minimum absolute atomic E-state index is 0.00599. The van der Waals surface area contributed by atoms with Gasteiger partial charge in [0.2, 0.25) is 0 Å². The second kappa shape index (κ2) is 6.89. The van der Waals surface area contributed by atoms with Gasteiger partial charge in [-0.3, -0.25) is 0 Å². The largest absolute Gasteiger partial charge is 0.508 e. The zero-order chi connectivity index (χ0) is 11.9. The van der Waals surface area contributed by atoms with Gasteiger partial charge in [-0.1, -0.05) is 6.07 Å². The summed E-state index contributed by atoms with van der Waals surface area (Å²) in [5, 5.41) is 9.31. The summed E-state index contributed by atoms with van der Waals surface area (Å²) >= 11 is 1.68. The van der Waals surface area contributed by atoms with Crippen molar-refractivity contribution < 1.29 is 14.6 Å². The first-order chi connectivity index (χ1) is 8.34. The maximum atomic E-state index is 9.31. The van der Waals surface area contributed by atoms with E-state index in [9.17, 15) is 5.11 Å². The van der Waals surface area contributed by atoms with Crippen LogP contribution in [0, 0.1) is 0 Å². The first kappa shape index (κ1) is 12.7. The quantitative estimate of drug-likeness (QED) is 0.647. The lowest BCUT2D eigenvalue weighted by Gasteiger charge is -2.22. The summed E-state index contributed by atoms with van der Waals surface area (Å²) in [6, 6.07) is 7.28. The van der Waals surface area contributed by atoms with Crippen molar-refractivity contribution in [3.63, 3.8) is 0 Å². The van der Waals surface area contributed by atoms with Gasteiger partial charge in [0.1, 0.15) is 5.75 Å². The van der Waals surface area contributed by atoms with E-state index in [1.165, 1.54) is 6.42 Å². The van der Waals surface area contributed by atoms with Crippen LogP contribution in [-0.2, 0) is 9.47 Å². The average Bonchev–Trinajstić information content (AvgIpc) is 2.36. The molecule has 1 heterocycles. The molecular weight excluding hydrogens is 236 g/mol. The van der Waals surface area contributed by atoms with Crippen molar-refractivity contribution in [2.75, 3.05) is 19.0 Å². The van der Waals surface area contributed by atoms with E-state index in [-0.39, 0.29) is 6.29 Å². The Labute approximate surface area is 106 Å². The van der Waals surface area contributed by atoms with Crippen molar-refractivity contribution in [1.29, 1.82) is 0 Å². The second-order valence-electron chi connectivity index (χ2n) is 4.01. The molecule has 1 fully saturated rings. The van der Waals surface area contributed by atoms with Gasteiger partial charge in [0.15, 0.2) is 6.29 Å². The van der Waals surface area contributed by atoms with E-state index in [0.29, 0.717) is 12.4 Å². The van der Waals surface area contributed by atoms with Crippen LogP contribution in [-0.4, -0.2) is 30.4 Å². The van der Waals surface area contributed by atoms with Crippen LogP contribution in [0.25, 0.3) is 0 Å². The predicted octanol–water partition coefficient (Wildman–Crippen LogP) is 3.03. The lowest BCUT2D eigenvalue weighted by Crippen LogP contribution is -2.23. The van der Waals surface area contributed by atoms with Crippen molar-refractivity contribution in [2.24, 2.45) is 0 Å². The Morgan fingerprint density at radius 1 is 1.41 bits per heavy atom. The number of rotatable bonds is 5. The fourth-order valence-electron chi connectivity index (χ4n) is 1.75. The Morgan fingerprint density at radius 3 is 3.12 bits per heavy atom. The van der Waals surface area contributed by atoms with Crippen LogP contribution in [0.1, 0.15) is 19.3 Å². The molecule has 0 bridgehead atoms. The average molecular weight is 254 g/mol. The summed E-state index contributed by atoms with van der Waals surface area (Å²) in [6.45, 7) is 1.51.